The van der Waals surface area contributed by atoms with Crippen molar-refractivity contribution in [2.45, 2.75) is 13.5 Å². The maximum absolute atomic E-state index is 13.1. The molecule has 0 N–H and O–H groups in total. The quantitative estimate of drug-likeness (QED) is 0.405. The lowest BCUT2D eigenvalue weighted by Gasteiger charge is -2.37. The van der Waals surface area contributed by atoms with Gasteiger partial charge in [0.25, 0.3) is 11.5 Å². The first-order chi connectivity index (χ1) is 17.3. The molecule has 2 aromatic rings. The van der Waals surface area contributed by atoms with Gasteiger partial charge in [-0.05, 0) is 24.1 Å². The largest absolute Gasteiger partial charge is 0.383 e. The van der Waals surface area contributed by atoms with Crippen LogP contribution in [0.2, 0.25) is 0 Å². The number of thiocarbonyl (C=S) groups is 1. The third-order valence-electron chi connectivity index (χ3n) is 6.56. The molecule has 2 aliphatic heterocycles. The van der Waals surface area contributed by atoms with Gasteiger partial charge in [-0.1, -0.05) is 54.3 Å². The first-order valence-electron chi connectivity index (χ1n) is 11.7. The van der Waals surface area contributed by atoms with Gasteiger partial charge in [0.1, 0.15) is 21.8 Å². The number of thioether (sulfide) groups is 1. The maximum atomic E-state index is 13.1. The zero-order valence-electron chi connectivity index (χ0n) is 20.7. The highest BCUT2D eigenvalue weighted by Crippen LogP contribution is 2.35. The number of hydrogen-bond donors (Lipinski definition) is 0. The van der Waals surface area contributed by atoms with Gasteiger partial charge in [0.2, 0.25) is 0 Å². The molecule has 10 heteroatoms. The van der Waals surface area contributed by atoms with E-state index in [-0.39, 0.29) is 17.0 Å². The summed E-state index contributed by atoms with van der Waals surface area (Å²) in [4.78, 5) is 32.7. The highest BCUT2D eigenvalue weighted by molar-refractivity contribution is 8.26. The van der Waals surface area contributed by atoms with Crippen LogP contribution in [0.5, 0.6) is 0 Å². The van der Waals surface area contributed by atoms with Gasteiger partial charge in [-0.25, -0.2) is 0 Å². The van der Waals surface area contributed by atoms with Gasteiger partial charge in [0, 0.05) is 52.4 Å². The monoisotopic (exact) mass is 523 g/mol. The predicted molar refractivity (Wildman–Crippen MR) is 147 cm³/mol. The molecule has 0 radical (unpaired) electrons. The fourth-order valence-corrected chi connectivity index (χ4v) is 5.85. The Kier molecular flexibility index (Phi) is 8.26. The summed E-state index contributed by atoms with van der Waals surface area (Å²) >= 11 is 6.66. The van der Waals surface area contributed by atoms with Crippen LogP contribution in [0.4, 0.5) is 5.82 Å². The molecular weight excluding hydrogens is 494 g/mol. The standard InChI is InChI=1S/C26H29N5O3S2/c1-18-20(15-22-25(33)31(13-14-34-3)26(35)36-22)23(28(2)24(32)21(18)16-27)30-11-9-29(10-12-30)17-19-7-5-4-6-8-19/h4-8,15H,9-14,17H2,1-3H3/b22-15-. The second-order valence-corrected chi connectivity index (χ2v) is 10.5. The maximum Gasteiger partial charge on any atom is 0.270 e. The number of pyridine rings is 1. The Hall–Kier alpha value is -2.97. The van der Waals surface area contributed by atoms with E-state index >= 15 is 0 Å². The summed E-state index contributed by atoms with van der Waals surface area (Å²) in [5.41, 5.74) is 2.30. The Morgan fingerprint density at radius 3 is 2.50 bits per heavy atom. The van der Waals surface area contributed by atoms with Crippen LogP contribution in [0.15, 0.2) is 40.0 Å². The van der Waals surface area contributed by atoms with Gasteiger partial charge >= 0.3 is 0 Å². The number of nitriles is 1. The molecule has 4 rings (SSSR count). The summed E-state index contributed by atoms with van der Waals surface area (Å²) in [6.07, 6.45) is 1.79. The van der Waals surface area contributed by atoms with Crippen LogP contribution >= 0.6 is 24.0 Å². The summed E-state index contributed by atoms with van der Waals surface area (Å²) in [5, 5.41) is 9.70. The lowest BCUT2D eigenvalue weighted by Crippen LogP contribution is -2.48. The van der Waals surface area contributed by atoms with Crippen molar-refractivity contribution in [2.75, 3.05) is 51.3 Å². The smallest absolute Gasteiger partial charge is 0.270 e. The Balaban J connectivity index is 1.66. The third kappa shape index (κ3) is 5.25. The number of hydrogen-bond acceptors (Lipinski definition) is 8. The molecule has 0 bridgehead atoms. The molecule has 1 amide bonds. The van der Waals surface area contributed by atoms with Crippen LogP contribution in [-0.4, -0.2) is 71.0 Å². The fourth-order valence-electron chi connectivity index (χ4n) is 4.56. The van der Waals surface area contributed by atoms with Crippen molar-refractivity contribution in [3.05, 3.63) is 67.8 Å². The van der Waals surface area contributed by atoms with Crippen molar-refractivity contribution in [1.82, 2.24) is 14.4 Å². The Labute approximate surface area is 220 Å². The minimum atomic E-state index is -0.332. The molecule has 1 aromatic heterocycles. The van der Waals surface area contributed by atoms with Gasteiger partial charge in [-0.2, -0.15) is 5.26 Å². The number of piperazine rings is 1. The van der Waals surface area contributed by atoms with E-state index in [1.54, 1.807) is 27.2 Å². The number of ether oxygens (including phenoxy) is 1. The number of benzene rings is 1. The van der Waals surface area contributed by atoms with E-state index in [0.717, 1.165) is 38.5 Å². The van der Waals surface area contributed by atoms with Crippen molar-refractivity contribution in [1.29, 1.82) is 5.26 Å². The van der Waals surface area contributed by atoms with Crippen LogP contribution < -0.4 is 10.5 Å². The van der Waals surface area contributed by atoms with Crippen LogP contribution in [0.3, 0.4) is 0 Å². The van der Waals surface area contributed by atoms with Crippen molar-refractivity contribution < 1.29 is 9.53 Å². The average Bonchev–Trinajstić information content (AvgIpc) is 3.15. The number of amides is 1. The number of carbonyl (C=O) groups excluding carboxylic acids is 1. The molecule has 0 unspecified atom stereocenters. The molecule has 2 fully saturated rings. The van der Waals surface area contributed by atoms with Crippen molar-refractivity contribution in [2.24, 2.45) is 7.05 Å². The molecule has 0 spiro atoms. The van der Waals surface area contributed by atoms with E-state index < -0.39 is 0 Å². The van der Waals surface area contributed by atoms with E-state index in [9.17, 15) is 14.9 Å². The van der Waals surface area contributed by atoms with Crippen LogP contribution in [0.25, 0.3) is 6.08 Å². The topological polar surface area (TPSA) is 81.8 Å². The van der Waals surface area contributed by atoms with Crippen LogP contribution in [0, 0.1) is 18.3 Å². The normalized spacial score (nSPS) is 17.8. The van der Waals surface area contributed by atoms with E-state index in [1.807, 2.05) is 18.2 Å². The van der Waals surface area contributed by atoms with E-state index in [2.05, 4.69) is 28.0 Å². The molecule has 3 heterocycles. The molecule has 1 aromatic carbocycles. The van der Waals surface area contributed by atoms with Crippen LogP contribution in [0.1, 0.15) is 22.3 Å². The van der Waals surface area contributed by atoms with Gasteiger partial charge in [0.15, 0.2) is 0 Å². The number of aromatic nitrogens is 1. The van der Waals surface area contributed by atoms with Crippen molar-refractivity contribution in [3.8, 4) is 6.07 Å². The SMILES string of the molecule is COCCN1C(=O)/C(=C/c2c(C)c(C#N)c(=O)n(C)c2N2CCN(Cc3ccccc3)CC2)SC1=S. The predicted octanol–water partition coefficient (Wildman–Crippen LogP) is 2.74. The zero-order valence-corrected chi connectivity index (χ0v) is 22.3. The Morgan fingerprint density at radius 1 is 1.17 bits per heavy atom. The minimum absolute atomic E-state index is 0.0880. The fraction of sp³-hybridized carbons (Fsp3) is 0.385. The average molecular weight is 524 g/mol. The van der Waals surface area contributed by atoms with Crippen molar-refractivity contribution in [3.63, 3.8) is 0 Å². The molecule has 36 heavy (non-hydrogen) atoms. The van der Waals surface area contributed by atoms with E-state index in [4.69, 9.17) is 17.0 Å². The summed E-state index contributed by atoms with van der Waals surface area (Å²) in [7, 11) is 3.27. The first-order valence-corrected chi connectivity index (χ1v) is 13.0. The van der Waals surface area contributed by atoms with Gasteiger partial charge in [-0.3, -0.25) is 24.0 Å². The molecule has 2 saturated heterocycles. The zero-order chi connectivity index (χ0) is 25.8. The first kappa shape index (κ1) is 26.1. The summed E-state index contributed by atoms with van der Waals surface area (Å²) < 4.78 is 7.12. The van der Waals surface area contributed by atoms with E-state index in [0.29, 0.717) is 33.5 Å². The third-order valence-corrected chi connectivity index (χ3v) is 7.93. The lowest BCUT2D eigenvalue weighted by molar-refractivity contribution is -0.122. The number of carbonyl (C=O) groups is 1. The Morgan fingerprint density at radius 2 is 1.86 bits per heavy atom. The molecule has 0 saturated carbocycles. The molecule has 0 aliphatic carbocycles. The molecule has 0 atom stereocenters. The van der Waals surface area contributed by atoms with E-state index in [1.165, 1.54) is 26.8 Å². The number of methoxy groups -OCH3 is 1. The number of anilines is 1. The molecule has 8 nitrogen and oxygen atoms in total. The second kappa shape index (κ2) is 11.4. The number of nitrogens with zero attached hydrogens (tertiary/aromatic N) is 5. The molecule has 2 aliphatic rings. The summed E-state index contributed by atoms with van der Waals surface area (Å²) in [6, 6.07) is 12.4. The minimum Gasteiger partial charge on any atom is -0.383 e. The lowest BCUT2D eigenvalue weighted by atomic mass is 10.0. The second-order valence-electron chi connectivity index (χ2n) is 8.79. The summed E-state index contributed by atoms with van der Waals surface area (Å²) in [6.45, 7) is 6.52. The van der Waals surface area contributed by atoms with Gasteiger partial charge < -0.3 is 9.64 Å². The molecular formula is C26H29N5O3S2. The molecule has 188 valence electrons. The highest BCUT2D eigenvalue weighted by Gasteiger charge is 2.33. The van der Waals surface area contributed by atoms with Crippen molar-refractivity contribution >= 4 is 46.1 Å². The number of rotatable bonds is 7. The van der Waals surface area contributed by atoms with Crippen LogP contribution in [-0.2, 0) is 23.1 Å². The highest BCUT2D eigenvalue weighted by atomic mass is 32.2. The van der Waals surface area contributed by atoms with Gasteiger partial charge in [-0.15, -0.1) is 0 Å². The van der Waals surface area contributed by atoms with Gasteiger partial charge in [0.05, 0.1) is 18.1 Å². The Bertz CT molecular complexity index is 1290. The summed E-state index contributed by atoms with van der Waals surface area (Å²) in [5.74, 6) is 0.533.